The topological polar surface area (TPSA) is 60.8 Å². The smallest absolute Gasteiger partial charge is 0.337 e. The number of nitrogens with zero attached hydrogens (tertiary/aromatic N) is 1. The number of likely N-dealkylation sites (N-methyl/N-ethyl adjacent to an activating group) is 1. The van der Waals surface area contributed by atoms with E-state index in [-0.39, 0.29) is 12.2 Å². The molecule has 1 rings (SSSR count). The lowest BCUT2D eigenvalue weighted by Gasteiger charge is -2.29. The van der Waals surface area contributed by atoms with E-state index in [0.29, 0.717) is 6.54 Å². The van der Waals surface area contributed by atoms with Gasteiger partial charge in [-0.05, 0) is 26.0 Å². The molecule has 0 fully saturated rings. The van der Waals surface area contributed by atoms with Crippen LogP contribution in [-0.2, 0) is 4.79 Å². The van der Waals surface area contributed by atoms with Crippen molar-refractivity contribution < 1.29 is 19.4 Å². The Bertz CT molecular complexity index is 406. The highest BCUT2D eigenvalue weighted by molar-refractivity contribution is 5.77. The Kier molecular flexibility index (Phi) is 4.07. The van der Waals surface area contributed by atoms with Crippen molar-refractivity contribution >= 4 is 11.7 Å². The first kappa shape index (κ1) is 13.4. The first-order chi connectivity index (χ1) is 7.88. The van der Waals surface area contributed by atoms with Gasteiger partial charge in [0.05, 0.1) is 12.2 Å². The molecule has 0 saturated heterocycles. The van der Waals surface area contributed by atoms with Crippen molar-refractivity contribution in [2.75, 3.05) is 18.0 Å². The van der Waals surface area contributed by atoms with Crippen molar-refractivity contribution in [2.24, 2.45) is 0 Å². The second kappa shape index (κ2) is 5.14. The van der Waals surface area contributed by atoms with E-state index in [1.807, 2.05) is 0 Å². The zero-order chi connectivity index (χ0) is 13.1. The summed E-state index contributed by atoms with van der Waals surface area (Å²) in [4.78, 5) is 12.3. The van der Waals surface area contributed by atoms with Gasteiger partial charge < -0.3 is 15.1 Å². The number of carboxylic acid groups (broad SMARTS) is 1. The van der Waals surface area contributed by atoms with E-state index in [2.05, 4.69) is 0 Å². The molecule has 0 spiro atoms. The maximum Gasteiger partial charge on any atom is 0.337 e. The van der Waals surface area contributed by atoms with Crippen molar-refractivity contribution in [3.63, 3.8) is 0 Å². The van der Waals surface area contributed by atoms with Gasteiger partial charge in [0.15, 0.2) is 5.60 Å². The average molecular weight is 241 g/mol. The second-order valence-corrected chi connectivity index (χ2v) is 4.04. The highest BCUT2D eigenvalue weighted by Gasteiger charge is 2.32. The van der Waals surface area contributed by atoms with E-state index < -0.39 is 17.4 Å². The summed E-state index contributed by atoms with van der Waals surface area (Å²) >= 11 is 0. The maximum atomic E-state index is 13.5. The Hall–Kier alpha value is -1.62. The summed E-state index contributed by atoms with van der Waals surface area (Å²) in [5.74, 6) is -1.76. The van der Waals surface area contributed by atoms with Gasteiger partial charge >= 0.3 is 5.97 Å². The van der Waals surface area contributed by atoms with Gasteiger partial charge in [-0.2, -0.15) is 0 Å². The molecule has 0 aromatic heterocycles. The lowest BCUT2D eigenvalue weighted by molar-refractivity contribution is -0.155. The molecule has 4 nitrogen and oxygen atoms in total. The van der Waals surface area contributed by atoms with E-state index >= 15 is 0 Å². The quantitative estimate of drug-likeness (QED) is 0.820. The Morgan fingerprint density at radius 1 is 1.47 bits per heavy atom. The number of hydrogen-bond acceptors (Lipinski definition) is 3. The molecule has 17 heavy (non-hydrogen) atoms. The molecule has 0 saturated carbocycles. The summed E-state index contributed by atoms with van der Waals surface area (Å²) < 4.78 is 13.5. The van der Waals surface area contributed by atoms with Crippen molar-refractivity contribution in [2.45, 2.75) is 19.4 Å². The Labute approximate surface area is 99.3 Å². The van der Waals surface area contributed by atoms with Gasteiger partial charge in [0, 0.05) is 6.54 Å². The van der Waals surface area contributed by atoms with E-state index in [0.717, 1.165) is 0 Å². The van der Waals surface area contributed by atoms with Gasteiger partial charge in [0.2, 0.25) is 0 Å². The van der Waals surface area contributed by atoms with Crippen LogP contribution in [0.15, 0.2) is 24.3 Å². The van der Waals surface area contributed by atoms with Gasteiger partial charge in [-0.3, -0.25) is 0 Å². The summed E-state index contributed by atoms with van der Waals surface area (Å²) in [5.41, 5.74) is -1.62. The van der Waals surface area contributed by atoms with Crippen LogP contribution in [0.5, 0.6) is 0 Å². The van der Waals surface area contributed by atoms with E-state index in [4.69, 9.17) is 5.11 Å². The predicted octanol–water partition coefficient (Wildman–Crippen LogP) is 1.49. The first-order valence-corrected chi connectivity index (χ1v) is 5.33. The van der Waals surface area contributed by atoms with Crippen molar-refractivity contribution in [1.29, 1.82) is 0 Å². The number of carboxylic acids is 1. The molecule has 0 amide bonds. The Morgan fingerprint density at radius 2 is 2.06 bits per heavy atom. The molecular weight excluding hydrogens is 225 g/mol. The number of halogens is 1. The van der Waals surface area contributed by atoms with Crippen LogP contribution in [0.4, 0.5) is 10.1 Å². The lowest BCUT2D eigenvalue weighted by atomic mass is 10.1. The molecule has 0 aliphatic carbocycles. The zero-order valence-electron chi connectivity index (χ0n) is 9.85. The third-order valence-electron chi connectivity index (χ3n) is 2.53. The number of carbonyl (C=O) groups is 1. The average Bonchev–Trinajstić information content (AvgIpc) is 2.26. The fourth-order valence-electron chi connectivity index (χ4n) is 1.51. The number of benzene rings is 1. The molecule has 0 radical (unpaired) electrons. The third kappa shape index (κ3) is 3.17. The molecule has 94 valence electrons. The standard InChI is InChI=1S/C12H16FNO3/c1-3-14(8-12(2,17)11(15)16)10-7-5-4-6-9(10)13/h4-7,17H,3,8H2,1-2H3,(H,15,16). The molecule has 1 aromatic rings. The highest BCUT2D eigenvalue weighted by Crippen LogP contribution is 2.20. The largest absolute Gasteiger partial charge is 0.479 e. The van der Waals surface area contributed by atoms with E-state index in [1.165, 1.54) is 17.9 Å². The zero-order valence-corrected chi connectivity index (χ0v) is 9.85. The minimum absolute atomic E-state index is 0.167. The molecule has 0 aliphatic heterocycles. The van der Waals surface area contributed by atoms with Gasteiger partial charge in [-0.1, -0.05) is 12.1 Å². The number of aliphatic hydroxyl groups is 1. The lowest BCUT2D eigenvalue weighted by Crippen LogP contribution is -2.47. The number of aliphatic carboxylic acids is 1. The monoisotopic (exact) mass is 241 g/mol. The SMILES string of the molecule is CCN(CC(C)(O)C(=O)O)c1ccccc1F. The van der Waals surface area contributed by atoms with Crippen LogP contribution in [0.2, 0.25) is 0 Å². The first-order valence-electron chi connectivity index (χ1n) is 5.33. The number of hydrogen-bond donors (Lipinski definition) is 2. The number of para-hydroxylation sites is 1. The van der Waals surface area contributed by atoms with Crippen molar-refractivity contribution in [1.82, 2.24) is 0 Å². The minimum atomic E-state index is -1.90. The summed E-state index contributed by atoms with van der Waals surface area (Å²) in [6, 6.07) is 6.07. The number of rotatable bonds is 5. The van der Waals surface area contributed by atoms with E-state index in [9.17, 15) is 14.3 Å². The molecule has 1 aromatic carbocycles. The molecule has 1 unspecified atom stereocenters. The minimum Gasteiger partial charge on any atom is -0.479 e. The summed E-state index contributed by atoms with van der Waals surface area (Å²) in [6.45, 7) is 3.20. The predicted molar refractivity (Wildman–Crippen MR) is 62.5 cm³/mol. The van der Waals surface area contributed by atoms with Gasteiger partial charge in [0.1, 0.15) is 5.82 Å². The summed E-state index contributed by atoms with van der Waals surface area (Å²) in [7, 11) is 0. The third-order valence-corrected chi connectivity index (χ3v) is 2.53. The van der Waals surface area contributed by atoms with Crippen LogP contribution in [-0.4, -0.2) is 34.9 Å². The molecule has 1 atom stereocenters. The molecule has 0 bridgehead atoms. The van der Waals surface area contributed by atoms with Crippen molar-refractivity contribution in [3.8, 4) is 0 Å². The normalized spacial score (nSPS) is 14.1. The van der Waals surface area contributed by atoms with E-state index in [1.54, 1.807) is 25.1 Å². The van der Waals surface area contributed by atoms with Gasteiger partial charge in [-0.15, -0.1) is 0 Å². The highest BCUT2D eigenvalue weighted by atomic mass is 19.1. The molecule has 2 N–H and O–H groups in total. The van der Waals surface area contributed by atoms with Crippen molar-refractivity contribution in [3.05, 3.63) is 30.1 Å². The molecule has 0 heterocycles. The van der Waals surface area contributed by atoms with Crippen LogP contribution in [0, 0.1) is 5.82 Å². The van der Waals surface area contributed by atoms with Crippen LogP contribution in [0.1, 0.15) is 13.8 Å². The van der Waals surface area contributed by atoms with Gasteiger partial charge in [-0.25, -0.2) is 9.18 Å². The molecule has 5 heteroatoms. The molecule has 0 aliphatic rings. The Balaban J connectivity index is 2.94. The Morgan fingerprint density at radius 3 is 2.53 bits per heavy atom. The van der Waals surface area contributed by atoms with Gasteiger partial charge in [0.25, 0.3) is 0 Å². The fourth-order valence-corrected chi connectivity index (χ4v) is 1.51. The fraction of sp³-hybridized carbons (Fsp3) is 0.417. The van der Waals surface area contributed by atoms with Crippen LogP contribution >= 0.6 is 0 Å². The maximum absolute atomic E-state index is 13.5. The second-order valence-electron chi connectivity index (χ2n) is 4.04. The molecular formula is C12H16FNO3. The van der Waals surface area contributed by atoms with Crippen LogP contribution in [0.3, 0.4) is 0 Å². The summed E-state index contributed by atoms with van der Waals surface area (Å²) in [5, 5.41) is 18.5. The summed E-state index contributed by atoms with van der Waals surface area (Å²) in [6.07, 6.45) is 0. The van der Waals surface area contributed by atoms with Crippen LogP contribution < -0.4 is 4.90 Å². The van der Waals surface area contributed by atoms with Crippen LogP contribution in [0.25, 0.3) is 0 Å². The number of anilines is 1.